The van der Waals surface area contributed by atoms with Gasteiger partial charge < -0.3 is 9.84 Å². The summed E-state index contributed by atoms with van der Waals surface area (Å²) in [4.78, 5) is 15.3. The van der Waals surface area contributed by atoms with Crippen LogP contribution in [0.3, 0.4) is 0 Å². The lowest BCUT2D eigenvalue weighted by atomic mass is 10.1. The van der Waals surface area contributed by atoms with Gasteiger partial charge in [0.05, 0.1) is 9.99 Å². The molecule has 100 valence electrons. The average molecular weight is 324 g/mol. The normalized spacial score (nSPS) is 12.4. The molecule has 0 saturated carbocycles. The Bertz CT molecular complexity index is 655. The molecule has 1 atom stereocenters. The molecule has 0 aliphatic carbocycles. The van der Waals surface area contributed by atoms with E-state index in [9.17, 15) is 4.79 Å². The van der Waals surface area contributed by atoms with Crippen LogP contribution in [0, 0.1) is 13.8 Å². The fraction of sp³-hybridized carbons (Fsp3) is 0.286. The average Bonchev–Trinajstić information content (AvgIpc) is 2.31. The van der Waals surface area contributed by atoms with Crippen LogP contribution in [-0.4, -0.2) is 22.2 Å². The number of carboxylic acid groups (broad SMARTS) is 1. The molecule has 0 amide bonds. The number of aromatic nitrogens is 1. The minimum atomic E-state index is -0.995. The number of carbonyl (C=O) groups is 1. The van der Waals surface area contributed by atoms with Crippen LogP contribution >= 0.6 is 15.9 Å². The van der Waals surface area contributed by atoms with Crippen LogP contribution in [0.15, 0.2) is 22.7 Å². The first-order valence-electron chi connectivity index (χ1n) is 5.86. The van der Waals surface area contributed by atoms with E-state index in [2.05, 4.69) is 20.9 Å². The highest BCUT2D eigenvalue weighted by Gasteiger charge is 2.16. The molecule has 0 fully saturated rings. The Morgan fingerprint density at radius 1 is 1.42 bits per heavy atom. The minimum Gasteiger partial charge on any atom is -0.479 e. The Balaban J connectivity index is 2.54. The van der Waals surface area contributed by atoms with E-state index in [-0.39, 0.29) is 0 Å². The summed E-state index contributed by atoms with van der Waals surface area (Å²) < 4.78 is 6.16. The van der Waals surface area contributed by atoms with Crippen molar-refractivity contribution < 1.29 is 14.6 Å². The second-order valence-electron chi connectivity index (χ2n) is 4.45. The maximum absolute atomic E-state index is 10.8. The van der Waals surface area contributed by atoms with Crippen molar-refractivity contribution in [2.75, 3.05) is 0 Å². The van der Waals surface area contributed by atoms with Crippen molar-refractivity contribution in [1.29, 1.82) is 0 Å². The minimum absolute atomic E-state index is 0.510. The van der Waals surface area contributed by atoms with Gasteiger partial charge in [-0.25, -0.2) is 4.79 Å². The van der Waals surface area contributed by atoms with Crippen LogP contribution in [0.25, 0.3) is 10.9 Å². The van der Waals surface area contributed by atoms with E-state index in [1.54, 1.807) is 6.07 Å². The van der Waals surface area contributed by atoms with Crippen LogP contribution in [0.1, 0.15) is 18.2 Å². The SMILES string of the molecule is Cc1cc(C)c2c(Br)c(OC(C)C(=O)O)ccc2n1. The highest BCUT2D eigenvalue weighted by atomic mass is 79.9. The predicted molar refractivity (Wildman–Crippen MR) is 76.6 cm³/mol. The number of fused-ring (bicyclic) bond motifs is 1. The number of benzene rings is 1. The monoisotopic (exact) mass is 323 g/mol. The van der Waals surface area contributed by atoms with E-state index >= 15 is 0 Å². The summed E-state index contributed by atoms with van der Waals surface area (Å²) in [5.41, 5.74) is 2.88. The molecule has 2 rings (SSSR count). The van der Waals surface area contributed by atoms with Crippen LogP contribution < -0.4 is 4.74 Å². The van der Waals surface area contributed by atoms with E-state index < -0.39 is 12.1 Å². The third-order valence-corrected chi connectivity index (χ3v) is 3.64. The van der Waals surface area contributed by atoms with E-state index in [1.807, 2.05) is 26.0 Å². The third kappa shape index (κ3) is 2.71. The quantitative estimate of drug-likeness (QED) is 0.939. The molecule has 2 aromatic rings. The fourth-order valence-corrected chi connectivity index (χ4v) is 2.70. The van der Waals surface area contributed by atoms with Crippen molar-refractivity contribution in [3.05, 3.63) is 33.9 Å². The number of hydrogen-bond acceptors (Lipinski definition) is 3. The number of rotatable bonds is 3. The van der Waals surface area contributed by atoms with Crippen LogP contribution in [0.4, 0.5) is 0 Å². The molecule has 1 unspecified atom stereocenters. The maximum Gasteiger partial charge on any atom is 0.344 e. The largest absolute Gasteiger partial charge is 0.479 e. The number of aliphatic carboxylic acids is 1. The van der Waals surface area contributed by atoms with Gasteiger partial charge in [0.15, 0.2) is 6.10 Å². The molecule has 1 aromatic carbocycles. The number of carboxylic acids is 1. The summed E-state index contributed by atoms with van der Waals surface area (Å²) in [5, 5.41) is 9.83. The molecule has 0 saturated heterocycles. The van der Waals surface area contributed by atoms with Gasteiger partial charge in [-0.15, -0.1) is 0 Å². The van der Waals surface area contributed by atoms with Gasteiger partial charge in [-0.1, -0.05) is 0 Å². The van der Waals surface area contributed by atoms with Crippen LogP contribution in [0.2, 0.25) is 0 Å². The highest BCUT2D eigenvalue weighted by Crippen LogP contribution is 2.35. The maximum atomic E-state index is 10.8. The number of halogens is 1. The van der Waals surface area contributed by atoms with E-state index in [1.165, 1.54) is 6.92 Å². The van der Waals surface area contributed by atoms with Gasteiger partial charge >= 0.3 is 5.97 Å². The Hall–Kier alpha value is -1.62. The van der Waals surface area contributed by atoms with Gasteiger partial charge in [0.2, 0.25) is 0 Å². The Morgan fingerprint density at radius 3 is 2.74 bits per heavy atom. The van der Waals surface area contributed by atoms with Crippen molar-refractivity contribution in [3.63, 3.8) is 0 Å². The highest BCUT2D eigenvalue weighted by molar-refractivity contribution is 9.10. The number of pyridine rings is 1. The molecule has 1 heterocycles. The molecule has 0 aliphatic rings. The molecule has 19 heavy (non-hydrogen) atoms. The first-order chi connectivity index (χ1) is 8.90. The van der Waals surface area contributed by atoms with E-state index in [0.717, 1.165) is 26.6 Å². The van der Waals surface area contributed by atoms with Crippen molar-refractivity contribution in [1.82, 2.24) is 4.98 Å². The number of hydrogen-bond donors (Lipinski definition) is 1. The molecular weight excluding hydrogens is 310 g/mol. The first-order valence-corrected chi connectivity index (χ1v) is 6.65. The fourth-order valence-electron chi connectivity index (χ4n) is 1.95. The van der Waals surface area contributed by atoms with Crippen molar-refractivity contribution in [3.8, 4) is 5.75 Å². The lowest BCUT2D eigenvalue weighted by molar-refractivity contribution is -0.144. The lowest BCUT2D eigenvalue weighted by Gasteiger charge is -2.14. The Labute approximate surface area is 119 Å². The van der Waals surface area contributed by atoms with E-state index in [0.29, 0.717) is 5.75 Å². The predicted octanol–water partition coefficient (Wildman–Crippen LogP) is 3.47. The van der Waals surface area contributed by atoms with Crippen molar-refractivity contribution in [2.45, 2.75) is 26.9 Å². The van der Waals surface area contributed by atoms with E-state index in [4.69, 9.17) is 9.84 Å². The standard InChI is InChI=1S/C14H14BrNO3/c1-7-6-8(2)16-10-4-5-11(13(15)12(7)10)19-9(3)14(17)18/h4-6,9H,1-3H3,(H,17,18). The molecule has 0 spiro atoms. The van der Waals surface area contributed by atoms with Gasteiger partial charge in [-0.05, 0) is 60.5 Å². The second-order valence-corrected chi connectivity index (χ2v) is 5.24. The summed E-state index contributed by atoms with van der Waals surface area (Å²) >= 11 is 3.48. The number of ether oxygens (including phenoxy) is 1. The van der Waals surface area contributed by atoms with Gasteiger partial charge in [-0.3, -0.25) is 4.98 Å². The summed E-state index contributed by atoms with van der Waals surface area (Å²) in [6, 6.07) is 5.55. The Morgan fingerprint density at radius 2 is 2.11 bits per heavy atom. The summed E-state index contributed by atoms with van der Waals surface area (Å²) in [6.07, 6.45) is -0.896. The summed E-state index contributed by atoms with van der Waals surface area (Å²) in [7, 11) is 0. The Kier molecular flexibility index (Phi) is 3.75. The third-order valence-electron chi connectivity index (χ3n) is 2.85. The molecular formula is C14H14BrNO3. The van der Waals surface area contributed by atoms with Gasteiger partial charge in [0.25, 0.3) is 0 Å². The molecule has 1 N–H and O–H groups in total. The van der Waals surface area contributed by atoms with Crippen molar-refractivity contribution >= 4 is 32.8 Å². The topological polar surface area (TPSA) is 59.4 Å². The van der Waals surface area contributed by atoms with Crippen LogP contribution in [0.5, 0.6) is 5.75 Å². The van der Waals surface area contributed by atoms with Gasteiger partial charge in [-0.2, -0.15) is 0 Å². The smallest absolute Gasteiger partial charge is 0.344 e. The zero-order valence-corrected chi connectivity index (χ0v) is 12.5. The number of aryl methyl sites for hydroxylation is 2. The number of nitrogens with zero attached hydrogens (tertiary/aromatic N) is 1. The molecule has 0 radical (unpaired) electrons. The molecule has 0 aliphatic heterocycles. The summed E-state index contributed by atoms with van der Waals surface area (Å²) in [6.45, 7) is 5.43. The molecule has 0 bridgehead atoms. The van der Waals surface area contributed by atoms with Gasteiger partial charge in [0, 0.05) is 11.1 Å². The second kappa shape index (κ2) is 5.17. The first kappa shape index (κ1) is 13.8. The molecule has 4 nitrogen and oxygen atoms in total. The summed E-state index contributed by atoms with van der Waals surface area (Å²) in [5.74, 6) is -0.484. The molecule has 5 heteroatoms. The lowest BCUT2D eigenvalue weighted by Crippen LogP contribution is -2.23. The zero-order valence-electron chi connectivity index (χ0n) is 10.9. The van der Waals surface area contributed by atoms with Gasteiger partial charge in [0.1, 0.15) is 5.75 Å². The molecule has 1 aromatic heterocycles. The van der Waals surface area contributed by atoms with Crippen LogP contribution in [-0.2, 0) is 4.79 Å². The van der Waals surface area contributed by atoms with Crippen molar-refractivity contribution in [2.24, 2.45) is 0 Å². The zero-order chi connectivity index (χ0) is 14.2.